The summed E-state index contributed by atoms with van der Waals surface area (Å²) in [4.78, 5) is 10.7. The summed E-state index contributed by atoms with van der Waals surface area (Å²) < 4.78 is 5.59. The van der Waals surface area contributed by atoms with Crippen LogP contribution in [0.4, 0.5) is 0 Å². The standard InChI is InChI=1S/C15H13NO4/c17-15(18)13-6-4-11(5-7-13)10-20-14-3-1-2-12(8-14)9-16-19/h1-9,19H,10H2,(H,17,18). The Balaban J connectivity index is 2.01. The van der Waals surface area contributed by atoms with Crippen LogP contribution in [-0.2, 0) is 6.61 Å². The highest BCUT2D eigenvalue weighted by Gasteiger charge is 2.02. The second-order valence-electron chi connectivity index (χ2n) is 4.11. The molecule has 0 atom stereocenters. The molecule has 0 saturated carbocycles. The Kier molecular flexibility index (Phi) is 4.34. The van der Waals surface area contributed by atoms with Crippen molar-refractivity contribution in [3.05, 3.63) is 65.2 Å². The second kappa shape index (κ2) is 6.38. The van der Waals surface area contributed by atoms with E-state index in [1.807, 2.05) is 0 Å². The number of hydrogen-bond donors (Lipinski definition) is 2. The zero-order chi connectivity index (χ0) is 14.4. The summed E-state index contributed by atoms with van der Waals surface area (Å²) in [7, 11) is 0. The number of carboxylic acid groups (broad SMARTS) is 1. The van der Waals surface area contributed by atoms with Gasteiger partial charge in [-0.2, -0.15) is 0 Å². The highest BCUT2D eigenvalue weighted by Crippen LogP contribution is 2.14. The molecular formula is C15H13NO4. The van der Waals surface area contributed by atoms with E-state index in [4.69, 9.17) is 15.1 Å². The third-order valence-electron chi connectivity index (χ3n) is 2.67. The number of benzene rings is 2. The summed E-state index contributed by atoms with van der Waals surface area (Å²) in [6, 6.07) is 13.6. The molecular weight excluding hydrogens is 258 g/mol. The molecule has 0 amide bonds. The fraction of sp³-hybridized carbons (Fsp3) is 0.0667. The van der Waals surface area contributed by atoms with Gasteiger partial charge in [-0.1, -0.05) is 29.4 Å². The minimum atomic E-state index is -0.950. The number of carbonyl (C=O) groups is 1. The van der Waals surface area contributed by atoms with Gasteiger partial charge in [0.05, 0.1) is 11.8 Å². The average Bonchev–Trinajstić information content (AvgIpc) is 2.46. The number of nitrogens with zero attached hydrogens (tertiary/aromatic N) is 1. The first-order chi connectivity index (χ1) is 9.69. The molecule has 0 fully saturated rings. The van der Waals surface area contributed by atoms with Gasteiger partial charge in [0.2, 0.25) is 0 Å². The minimum absolute atomic E-state index is 0.245. The largest absolute Gasteiger partial charge is 0.489 e. The molecule has 0 unspecified atom stereocenters. The summed E-state index contributed by atoms with van der Waals surface area (Å²) in [6.07, 6.45) is 1.31. The van der Waals surface area contributed by atoms with E-state index in [1.54, 1.807) is 36.4 Å². The third-order valence-corrected chi connectivity index (χ3v) is 2.67. The second-order valence-corrected chi connectivity index (χ2v) is 4.11. The molecule has 0 saturated heterocycles. The zero-order valence-electron chi connectivity index (χ0n) is 10.6. The van der Waals surface area contributed by atoms with Gasteiger partial charge in [0.25, 0.3) is 0 Å². The third kappa shape index (κ3) is 3.58. The molecule has 0 radical (unpaired) electrons. The lowest BCUT2D eigenvalue weighted by molar-refractivity contribution is 0.0697. The molecule has 0 heterocycles. The molecule has 2 aromatic rings. The molecule has 20 heavy (non-hydrogen) atoms. The normalized spacial score (nSPS) is 10.6. The van der Waals surface area contributed by atoms with Crippen molar-refractivity contribution in [2.45, 2.75) is 6.61 Å². The lowest BCUT2D eigenvalue weighted by atomic mass is 10.1. The number of aromatic carboxylic acids is 1. The maximum absolute atomic E-state index is 10.7. The fourth-order valence-corrected chi connectivity index (χ4v) is 1.66. The van der Waals surface area contributed by atoms with E-state index < -0.39 is 5.97 Å². The summed E-state index contributed by atoms with van der Waals surface area (Å²) in [5, 5.41) is 20.2. The van der Waals surface area contributed by atoms with E-state index in [-0.39, 0.29) is 5.56 Å². The van der Waals surface area contributed by atoms with Crippen LogP contribution in [0.3, 0.4) is 0 Å². The molecule has 5 heteroatoms. The van der Waals surface area contributed by atoms with Crippen LogP contribution < -0.4 is 4.74 Å². The van der Waals surface area contributed by atoms with Gasteiger partial charge in [-0.05, 0) is 35.4 Å². The van der Waals surface area contributed by atoms with E-state index >= 15 is 0 Å². The van der Waals surface area contributed by atoms with Gasteiger partial charge in [-0.25, -0.2) is 4.79 Å². The maximum Gasteiger partial charge on any atom is 0.335 e. The summed E-state index contributed by atoms with van der Waals surface area (Å²) >= 11 is 0. The van der Waals surface area contributed by atoms with Gasteiger partial charge >= 0.3 is 5.97 Å². The van der Waals surface area contributed by atoms with Crippen molar-refractivity contribution >= 4 is 12.2 Å². The van der Waals surface area contributed by atoms with Crippen molar-refractivity contribution in [3.63, 3.8) is 0 Å². The number of ether oxygens (including phenoxy) is 1. The Morgan fingerprint density at radius 3 is 2.60 bits per heavy atom. The van der Waals surface area contributed by atoms with Crippen LogP contribution in [0.25, 0.3) is 0 Å². The van der Waals surface area contributed by atoms with Gasteiger partial charge < -0.3 is 15.1 Å². The number of oxime groups is 1. The number of carboxylic acids is 1. The number of rotatable bonds is 5. The molecule has 0 aromatic heterocycles. The molecule has 0 aliphatic heterocycles. The summed E-state index contributed by atoms with van der Waals surface area (Å²) in [6.45, 7) is 0.333. The van der Waals surface area contributed by atoms with Gasteiger partial charge in [-0.15, -0.1) is 0 Å². The van der Waals surface area contributed by atoms with E-state index in [2.05, 4.69) is 5.16 Å². The maximum atomic E-state index is 10.7. The lowest BCUT2D eigenvalue weighted by Crippen LogP contribution is -1.99. The minimum Gasteiger partial charge on any atom is -0.489 e. The van der Waals surface area contributed by atoms with E-state index in [1.165, 1.54) is 18.3 Å². The monoisotopic (exact) mass is 271 g/mol. The SMILES string of the molecule is O=C(O)c1ccc(COc2cccc(C=NO)c2)cc1. The average molecular weight is 271 g/mol. The van der Waals surface area contributed by atoms with Crippen LogP contribution in [-0.4, -0.2) is 22.5 Å². The Labute approximate surface area is 115 Å². The predicted molar refractivity (Wildman–Crippen MR) is 73.6 cm³/mol. The van der Waals surface area contributed by atoms with Crippen molar-refractivity contribution in [1.82, 2.24) is 0 Å². The van der Waals surface area contributed by atoms with E-state index in [9.17, 15) is 4.79 Å². The Morgan fingerprint density at radius 2 is 1.95 bits per heavy atom. The quantitative estimate of drug-likeness (QED) is 0.498. The summed E-state index contributed by atoms with van der Waals surface area (Å²) in [5.41, 5.74) is 1.84. The smallest absolute Gasteiger partial charge is 0.335 e. The molecule has 2 aromatic carbocycles. The van der Waals surface area contributed by atoms with Crippen LogP contribution in [0.5, 0.6) is 5.75 Å². The van der Waals surface area contributed by atoms with Crippen molar-refractivity contribution in [3.8, 4) is 5.75 Å². The van der Waals surface area contributed by atoms with Crippen molar-refractivity contribution < 1.29 is 19.8 Å². The molecule has 0 bridgehead atoms. The summed E-state index contributed by atoms with van der Waals surface area (Å²) in [5.74, 6) is -0.307. The van der Waals surface area contributed by atoms with E-state index in [0.717, 1.165) is 11.1 Å². The first-order valence-electron chi connectivity index (χ1n) is 5.91. The van der Waals surface area contributed by atoms with Crippen LogP contribution >= 0.6 is 0 Å². The van der Waals surface area contributed by atoms with Crippen LogP contribution in [0.2, 0.25) is 0 Å². The Bertz CT molecular complexity index is 620. The highest BCUT2D eigenvalue weighted by molar-refractivity contribution is 5.87. The fourth-order valence-electron chi connectivity index (χ4n) is 1.66. The predicted octanol–water partition coefficient (Wildman–Crippen LogP) is 2.77. The zero-order valence-corrected chi connectivity index (χ0v) is 10.6. The molecule has 102 valence electrons. The molecule has 0 aliphatic rings. The molecule has 2 rings (SSSR count). The molecule has 5 nitrogen and oxygen atoms in total. The van der Waals surface area contributed by atoms with Crippen molar-refractivity contribution in [2.24, 2.45) is 5.16 Å². The van der Waals surface area contributed by atoms with Gasteiger partial charge in [0, 0.05) is 0 Å². The molecule has 0 aliphatic carbocycles. The molecule has 0 spiro atoms. The van der Waals surface area contributed by atoms with Crippen molar-refractivity contribution in [1.29, 1.82) is 0 Å². The topological polar surface area (TPSA) is 79.1 Å². The first-order valence-corrected chi connectivity index (χ1v) is 5.91. The number of hydrogen-bond acceptors (Lipinski definition) is 4. The van der Waals surface area contributed by atoms with Gasteiger partial charge in [0.1, 0.15) is 12.4 Å². The lowest BCUT2D eigenvalue weighted by Gasteiger charge is -2.07. The Hall–Kier alpha value is -2.82. The van der Waals surface area contributed by atoms with Gasteiger partial charge in [-0.3, -0.25) is 0 Å². The van der Waals surface area contributed by atoms with E-state index in [0.29, 0.717) is 12.4 Å². The Morgan fingerprint density at radius 1 is 1.20 bits per heavy atom. The highest BCUT2D eigenvalue weighted by atomic mass is 16.5. The molecule has 2 N–H and O–H groups in total. The van der Waals surface area contributed by atoms with Crippen LogP contribution in [0.15, 0.2) is 53.7 Å². The van der Waals surface area contributed by atoms with Gasteiger partial charge in [0.15, 0.2) is 0 Å². The van der Waals surface area contributed by atoms with Crippen molar-refractivity contribution in [2.75, 3.05) is 0 Å². The van der Waals surface area contributed by atoms with Crippen LogP contribution in [0.1, 0.15) is 21.5 Å². The first kappa shape index (κ1) is 13.6. The van der Waals surface area contributed by atoms with Crippen LogP contribution in [0, 0.1) is 0 Å².